The molecule has 0 radical (unpaired) electrons. The van der Waals surface area contributed by atoms with Gasteiger partial charge in [-0.05, 0) is 51.0 Å². The summed E-state index contributed by atoms with van der Waals surface area (Å²) < 4.78 is 33.3. The Hall–Kier alpha value is -3.30. The van der Waals surface area contributed by atoms with Gasteiger partial charge in [0.15, 0.2) is 0 Å². The molecule has 1 aliphatic heterocycles. The lowest BCUT2D eigenvalue weighted by atomic mass is 10.0. The van der Waals surface area contributed by atoms with Gasteiger partial charge in [-0.25, -0.2) is 9.59 Å². The molecule has 0 bridgehead atoms. The number of carbonyl (C=O) groups excluding carboxylic acids is 2. The van der Waals surface area contributed by atoms with Gasteiger partial charge < -0.3 is 28.4 Å². The summed E-state index contributed by atoms with van der Waals surface area (Å²) in [4.78, 5) is 28.2. The van der Waals surface area contributed by atoms with Crippen molar-refractivity contribution in [1.82, 2.24) is 4.90 Å². The van der Waals surface area contributed by atoms with Crippen LogP contribution in [-0.2, 0) is 9.47 Å². The topological polar surface area (TPSA) is 92.8 Å². The van der Waals surface area contributed by atoms with Gasteiger partial charge in [0.1, 0.15) is 40.7 Å². The van der Waals surface area contributed by atoms with E-state index in [-0.39, 0.29) is 0 Å². The maximum Gasteiger partial charge on any atom is 0.347 e. The van der Waals surface area contributed by atoms with Crippen LogP contribution in [0.1, 0.15) is 43.0 Å². The van der Waals surface area contributed by atoms with Crippen LogP contribution >= 0.6 is 0 Å². The number of methoxy groups -OCH3 is 3. The smallest absolute Gasteiger partial charge is 0.347 e. The second-order valence-corrected chi connectivity index (χ2v) is 8.63. The molecule has 0 aromatic heterocycles. The summed E-state index contributed by atoms with van der Waals surface area (Å²) in [6.07, 6.45) is 0. The van der Waals surface area contributed by atoms with Gasteiger partial charge in [0, 0.05) is 30.8 Å². The summed E-state index contributed by atoms with van der Waals surface area (Å²) >= 11 is 0. The van der Waals surface area contributed by atoms with E-state index >= 15 is 0 Å². The lowest BCUT2D eigenvalue weighted by Gasteiger charge is -2.27. The Balaban J connectivity index is 1.94. The molecule has 36 heavy (non-hydrogen) atoms. The first-order valence-electron chi connectivity index (χ1n) is 11.8. The Morgan fingerprint density at radius 3 is 2.00 bits per heavy atom. The number of carbonyl (C=O) groups is 2. The second kappa shape index (κ2) is 12.1. The van der Waals surface area contributed by atoms with Crippen LogP contribution in [0.2, 0.25) is 0 Å². The van der Waals surface area contributed by atoms with Gasteiger partial charge in [0.2, 0.25) is 0 Å². The largest absolute Gasteiger partial charge is 0.496 e. The first kappa shape index (κ1) is 27.3. The van der Waals surface area contributed by atoms with E-state index in [1.807, 2.05) is 6.92 Å². The SMILES string of the molecule is COC(=O)c1c(C)cc(OC(=O)c2c(C)cc(OC)c(C)c2OC)c(C)c1OCCN1CCOCC1. The van der Waals surface area contributed by atoms with E-state index in [1.54, 1.807) is 40.0 Å². The lowest BCUT2D eigenvalue weighted by molar-refractivity contribution is 0.0320. The van der Waals surface area contributed by atoms with Crippen molar-refractivity contribution in [3.63, 3.8) is 0 Å². The number of ether oxygens (including phenoxy) is 6. The summed E-state index contributed by atoms with van der Waals surface area (Å²) in [5.74, 6) is 0.542. The number of esters is 2. The van der Waals surface area contributed by atoms with E-state index in [0.29, 0.717) is 82.7 Å². The first-order chi connectivity index (χ1) is 17.2. The predicted molar refractivity (Wildman–Crippen MR) is 134 cm³/mol. The number of hydrogen-bond acceptors (Lipinski definition) is 9. The van der Waals surface area contributed by atoms with Gasteiger partial charge in [-0.3, -0.25) is 4.90 Å². The Morgan fingerprint density at radius 1 is 0.833 bits per heavy atom. The molecule has 1 heterocycles. The average Bonchev–Trinajstić information content (AvgIpc) is 2.87. The molecule has 0 amide bonds. The van der Waals surface area contributed by atoms with Gasteiger partial charge in [-0.15, -0.1) is 0 Å². The summed E-state index contributed by atoms with van der Waals surface area (Å²) in [5.41, 5.74) is 3.07. The van der Waals surface area contributed by atoms with Crippen molar-refractivity contribution in [2.75, 3.05) is 60.8 Å². The van der Waals surface area contributed by atoms with Crippen molar-refractivity contribution in [2.45, 2.75) is 27.7 Å². The molecule has 2 aromatic carbocycles. The Bertz CT molecular complexity index is 1120. The minimum atomic E-state index is -0.581. The van der Waals surface area contributed by atoms with Crippen LogP contribution in [0, 0.1) is 27.7 Å². The molecule has 0 atom stereocenters. The van der Waals surface area contributed by atoms with Gasteiger partial charge in [0.05, 0.1) is 34.5 Å². The highest BCUT2D eigenvalue weighted by molar-refractivity contribution is 5.98. The third-order valence-corrected chi connectivity index (χ3v) is 6.34. The van der Waals surface area contributed by atoms with Crippen LogP contribution in [0.3, 0.4) is 0 Å². The monoisotopic (exact) mass is 501 g/mol. The summed E-state index contributed by atoms with van der Waals surface area (Å²) in [5, 5.41) is 0. The van der Waals surface area contributed by atoms with Crippen LogP contribution in [0.5, 0.6) is 23.0 Å². The maximum absolute atomic E-state index is 13.3. The zero-order chi connectivity index (χ0) is 26.4. The zero-order valence-electron chi connectivity index (χ0n) is 22.1. The van der Waals surface area contributed by atoms with Gasteiger partial charge >= 0.3 is 11.9 Å². The van der Waals surface area contributed by atoms with Crippen LogP contribution in [0.4, 0.5) is 0 Å². The van der Waals surface area contributed by atoms with Crippen LogP contribution in [-0.4, -0.2) is 77.6 Å². The molecular weight excluding hydrogens is 466 g/mol. The predicted octanol–water partition coefficient (Wildman–Crippen LogP) is 3.65. The maximum atomic E-state index is 13.3. The lowest BCUT2D eigenvalue weighted by Crippen LogP contribution is -2.38. The van der Waals surface area contributed by atoms with E-state index < -0.39 is 11.9 Å². The average molecular weight is 502 g/mol. The van der Waals surface area contributed by atoms with Crippen molar-refractivity contribution < 1.29 is 38.0 Å². The number of hydrogen-bond donors (Lipinski definition) is 0. The quantitative estimate of drug-likeness (QED) is 0.377. The van der Waals surface area contributed by atoms with Gasteiger partial charge in [0.25, 0.3) is 0 Å². The molecule has 2 aromatic rings. The summed E-state index contributed by atoms with van der Waals surface area (Å²) in [7, 11) is 4.39. The van der Waals surface area contributed by atoms with Crippen molar-refractivity contribution in [3.8, 4) is 23.0 Å². The highest BCUT2D eigenvalue weighted by Gasteiger charge is 2.27. The van der Waals surface area contributed by atoms with Crippen LogP contribution < -0.4 is 18.9 Å². The molecule has 196 valence electrons. The molecule has 0 N–H and O–H groups in total. The van der Waals surface area contributed by atoms with E-state index in [9.17, 15) is 9.59 Å². The number of rotatable bonds is 9. The summed E-state index contributed by atoms with van der Waals surface area (Å²) in [6.45, 7) is 11.2. The van der Waals surface area contributed by atoms with Gasteiger partial charge in [-0.1, -0.05) is 0 Å². The fourth-order valence-electron chi connectivity index (χ4n) is 4.33. The zero-order valence-corrected chi connectivity index (χ0v) is 22.1. The van der Waals surface area contributed by atoms with Crippen LogP contribution in [0.15, 0.2) is 12.1 Å². The summed E-state index contributed by atoms with van der Waals surface area (Å²) in [6, 6.07) is 3.42. The molecule has 0 unspecified atom stereocenters. The third-order valence-electron chi connectivity index (χ3n) is 6.34. The Morgan fingerprint density at radius 2 is 1.42 bits per heavy atom. The molecule has 1 aliphatic rings. The first-order valence-corrected chi connectivity index (χ1v) is 11.8. The molecular formula is C27H35NO8. The normalized spacial score (nSPS) is 13.8. The fraction of sp³-hybridized carbons (Fsp3) is 0.481. The van der Waals surface area contributed by atoms with Crippen molar-refractivity contribution >= 4 is 11.9 Å². The number of aryl methyl sites for hydroxylation is 2. The number of benzene rings is 2. The highest BCUT2D eigenvalue weighted by Crippen LogP contribution is 2.38. The second-order valence-electron chi connectivity index (χ2n) is 8.63. The molecule has 1 fully saturated rings. The fourth-order valence-corrected chi connectivity index (χ4v) is 4.33. The molecule has 0 saturated carbocycles. The van der Waals surface area contributed by atoms with Crippen LogP contribution in [0.25, 0.3) is 0 Å². The minimum Gasteiger partial charge on any atom is -0.496 e. The van der Waals surface area contributed by atoms with Crippen molar-refractivity contribution in [3.05, 3.63) is 45.5 Å². The van der Waals surface area contributed by atoms with E-state index in [4.69, 9.17) is 28.4 Å². The van der Waals surface area contributed by atoms with E-state index in [2.05, 4.69) is 4.90 Å². The van der Waals surface area contributed by atoms with Crippen molar-refractivity contribution in [2.24, 2.45) is 0 Å². The minimum absolute atomic E-state index is 0.293. The number of morpholine rings is 1. The molecule has 3 rings (SSSR count). The molecule has 1 saturated heterocycles. The standard InChI is InChI=1S/C27H35NO8/c1-16-14-20(31-5)18(3)24(32-6)22(16)27(30)36-21-15-17(2)23(26(29)33-7)25(19(21)4)35-13-10-28-8-11-34-12-9-28/h14-15H,8-13H2,1-7H3. The molecule has 9 nitrogen and oxygen atoms in total. The van der Waals surface area contributed by atoms with Gasteiger partial charge in [-0.2, -0.15) is 0 Å². The third kappa shape index (κ3) is 5.74. The molecule has 9 heteroatoms. The molecule has 0 spiro atoms. The Labute approximate surface area is 212 Å². The number of nitrogens with zero attached hydrogens (tertiary/aromatic N) is 1. The molecule has 0 aliphatic carbocycles. The highest BCUT2D eigenvalue weighted by atomic mass is 16.5. The van der Waals surface area contributed by atoms with E-state index in [0.717, 1.165) is 13.1 Å². The van der Waals surface area contributed by atoms with E-state index in [1.165, 1.54) is 14.2 Å². The Kier molecular flexibility index (Phi) is 9.17. The van der Waals surface area contributed by atoms with Crippen molar-refractivity contribution in [1.29, 1.82) is 0 Å².